The first-order chi connectivity index (χ1) is 10.2. The molecule has 1 aromatic rings. The number of hydrogen-bond donors (Lipinski definition) is 0. The predicted molar refractivity (Wildman–Crippen MR) is 85.9 cm³/mol. The van der Waals surface area contributed by atoms with E-state index in [1.807, 2.05) is 29.2 Å². The van der Waals surface area contributed by atoms with Gasteiger partial charge in [0.25, 0.3) is 5.91 Å². The summed E-state index contributed by atoms with van der Waals surface area (Å²) in [5.74, 6) is 0.0694. The summed E-state index contributed by atoms with van der Waals surface area (Å²) in [7, 11) is 0. The summed E-state index contributed by atoms with van der Waals surface area (Å²) in [6.45, 7) is 5.02. The fraction of sp³-hybridized carbons (Fsp3) is 0.500. The Balaban J connectivity index is 1.95. The van der Waals surface area contributed by atoms with E-state index in [1.54, 1.807) is 0 Å². The molecule has 0 spiro atoms. The molecular weight excluding hydrogens is 330 g/mol. The number of halogens is 1. The molecule has 0 bridgehead atoms. The zero-order valence-electron chi connectivity index (χ0n) is 12.3. The predicted octanol–water partition coefficient (Wildman–Crippen LogP) is 2.90. The molecule has 0 saturated carbocycles. The summed E-state index contributed by atoms with van der Waals surface area (Å²) >= 11 is 3.39. The Morgan fingerprint density at radius 2 is 2.10 bits per heavy atom. The molecule has 1 saturated heterocycles. The lowest BCUT2D eigenvalue weighted by atomic mass is 10.1. The summed E-state index contributed by atoms with van der Waals surface area (Å²) in [4.78, 5) is 16.5. The van der Waals surface area contributed by atoms with Crippen molar-refractivity contribution in [3.8, 4) is 6.07 Å². The van der Waals surface area contributed by atoms with Crippen LogP contribution >= 0.6 is 15.9 Å². The van der Waals surface area contributed by atoms with Crippen LogP contribution in [-0.2, 0) is 0 Å². The van der Waals surface area contributed by atoms with Gasteiger partial charge in [0.1, 0.15) is 0 Å². The molecule has 0 radical (unpaired) electrons. The van der Waals surface area contributed by atoms with Gasteiger partial charge in [-0.05, 0) is 24.6 Å². The standard InChI is InChI=1S/C16H20BrN3O/c1-2-4-15(12-18)19-7-9-20(10-8-19)16(21)13-5-3-6-14(17)11-13/h3,5-6,11,15H,2,4,7-10H2,1H3. The summed E-state index contributed by atoms with van der Waals surface area (Å²) in [6, 6.07) is 9.84. The molecule has 1 amide bonds. The monoisotopic (exact) mass is 349 g/mol. The minimum absolute atomic E-state index is 0.0156. The second-order valence-corrected chi connectivity index (χ2v) is 6.19. The van der Waals surface area contributed by atoms with Crippen molar-refractivity contribution in [3.05, 3.63) is 34.3 Å². The average molecular weight is 350 g/mol. The lowest BCUT2D eigenvalue weighted by Crippen LogP contribution is -2.51. The van der Waals surface area contributed by atoms with Crippen LogP contribution in [0.15, 0.2) is 28.7 Å². The zero-order valence-corrected chi connectivity index (χ0v) is 13.8. The van der Waals surface area contributed by atoms with Crippen molar-refractivity contribution in [1.82, 2.24) is 9.80 Å². The van der Waals surface area contributed by atoms with Gasteiger partial charge in [-0.2, -0.15) is 5.26 Å². The van der Waals surface area contributed by atoms with Crippen molar-refractivity contribution in [3.63, 3.8) is 0 Å². The van der Waals surface area contributed by atoms with Crippen LogP contribution in [0, 0.1) is 11.3 Å². The molecule has 1 unspecified atom stereocenters. The molecule has 2 rings (SSSR count). The summed E-state index contributed by atoms with van der Waals surface area (Å²) < 4.78 is 0.916. The number of nitrogens with zero attached hydrogens (tertiary/aromatic N) is 3. The van der Waals surface area contributed by atoms with Crippen LogP contribution < -0.4 is 0 Å². The van der Waals surface area contributed by atoms with E-state index in [0.29, 0.717) is 18.7 Å². The summed E-state index contributed by atoms with van der Waals surface area (Å²) in [5.41, 5.74) is 0.711. The van der Waals surface area contributed by atoms with E-state index in [4.69, 9.17) is 0 Å². The molecule has 4 nitrogen and oxygen atoms in total. The van der Waals surface area contributed by atoms with Crippen LogP contribution in [0.1, 0.15) is 30.1 Å². The van der Waals surface area contributed by atoms with Crippen molar-refractivity contribution in [2.24, 2.45) is 0 Å². The molecular formula is C16H20BrN3O. The highest BCUT2D eigenvalue weighted by Gasteiger charge is 2.26. The van der Waals surface area contributed by atoms with Crippen LogP contribution in [-0.4, -0.2) is 47.9 Å². The Morgan fingerprint density at radius 3 is 2.67 bits per heavy atom. The fourth-order valence-corrected chi connectivity index (χ4v) is 3.04. The molecule has 0 N–H and O–H groups in total. The third-order valence-corrected chi connectivity index (χ3v) is 4.32. The van der Waals surface area contributed by atoms with Gasteiger partial charge >= 0.3 is 0 Å². The minimum atomic E-state index is -0.0156. The van der Waals surface area contributed by atoms with E-state index >= 15 is 0 Å². The molecule has 21 heavy (non-hydrogen) atoms. The molecule has 5 heteroatoms. The second-order valence-electron chi connectivity index (χ2n) is 5.27. The number of carbonyl (C=O) groups excluding carboxylic acids is 1. The highest BCUT2D eigenvalue weighted by atomic mass is 79.9. The van der Waals surface area contributed by atoms with E-state index in [0.717, 1.165) is 30.4 Å². The van der Waals surface area contributed by atoms with Crippen LogP contribution in [0.4, 0.5) is 0 Å². The topological polar surface area (TPSA) is 47.3 Å². The van der Waals surface area contributed by atoms with Gasteiger partial charge in [-0.1, -0.05) is 35.3 Å². The highest BCUT2D eigenvalue weighted by Crippen LogP contribution is 2.16. The maximum Gasteiger partial charge on any atom is 0.253 e. The highest BCUT2D eigenvalue weighted by molar-refractivity contribution is 9.10. The first kappa shape index (κ1) is 16.0. The van der Waals surface area contributed by atoms with Crippen molar-refractivity contribution in [2.45, 2.75) is 25.8 Å². The van der Waals surface area contributed by atoms with Gasteiger partial charge in [0.15, 0.2) is 0 Å². The van der Waals surface area contributed by atoms with E-state index < -0.39 is 0 Å². The van der Waals surface area contributed by atoms with E-state index in [2.05, 4.69) is 33.8 Å². The molecule has 1 aliphatic rings. The Kier molecular flexibility index (Phi) is 5.77. The van der Waals surface area contributed by atoms with Crippen molar-refractivity contribution in [1.29, 1.82) is 5.26 Å². The first-order valence-corrected chi connectivity index (χ1v) is 8.13. The van der Waals surface area contributed by atoms with Gasteiger partial charge in [-0.15, -0.1) is 0 Å². The van der Waals surface area contributed by atoms with Gasteiger partial charge in [-0.3, -0.25) is 9.69 Å². The number of carbonyl (C=O) groups is 1. The molecule has 1 atom stereocenters. The Bertz CT molecular complexity index is 533. The SMILES string of the molecule is CCCC(C#N)N1CCN(C(=O)c2cccc(Br)c2)CC1. The summed E-state index contributed by atoms with van der Waals surface area (Å²) in [6.07, 6.45) is 1.91. The molecule has 0 aliphatic carbocycles. The van der Waals surface area contributed by atoms with E-state index in [9.17, 15) is 10.1 Å². The molecule has 1 heterocycles. The average Bonchev–Trinajstić information content (AvgIpc) is 2.52. The lowest BCUT2D eigenvalue weighted by molar-refractivity contribution is 0.0601. The minimum Gasteiger partial charge on any atom is -0.336 e. The lowest BCUT2D eigenvalue weighted by Gasteiger charge is -2.37. The van der Waals surface area contributed by atoms with Crippen molar-refractivity contribution >= 4 is 21.8 Å². The first-order valence-electron chi connectivity index (χ1n) is 7.34. The number of nitriles is 1. The molecule has 1 aliphatic heterocycles. The Morgan fingerprint density at radius 1 is 1.38 bits per heavy atom. The second kappa shape index (κ2) is 7.58. The molecule has 1 fully saturated rings. The van der Waals surface area contributed by atoms with Gasteiger partial charge in [0.2, 0.25) is 0 Å². The number of benzene rings is 1. The van der Waals surface area contributed by atoms with Gasteiger partial charge < -0.3 is 4.90 Å². The van der Waals surface area contributed by atoms with Crippen LogP contribution in [0.2, 0.25) is 0 Å². The number of amides is 1. The molecule has 112 valence electrons. The fourth-order valence-electron chi connectivity index (χ4n) is 2.64. The van der Waals surface area contributed by atoms with Gasteiger partial charge in [0, 0.05) is 36.2 Å². The van der Waals surface area contributed by atoms with Crippen LogP contribution in [0.25, 0.3) is 0 Å². The number of rotatable bonds is 4. The Labute approximate surface area is 134 Å². The van der Waals surface area contributed by atoms with Crippen molar-refractivity contribution in [2.75, 3.05) is 26.2 Å². The van der Waals surface area contributed by atoms with Gasteiger partial charge in [0.05, 0.1) is 12.1 Å². The van der Waals surface area contributed by atoms with Crippen molar-refractivity contribution < 1.29 is 4.79 Å². The zero-order chi connectivity index (χ0) is 15.2. The number of piperazine rings is 1. The molecule has 1 aromatic carbocycles. The normalized spacial score (nSPS) is 17.3. The largest absolute Gasteiger partial charge is 0.336 e. The maximum absolute atomic E-state index is 12.4. The third-order valence-electron chi connectivity index (χ3n) is 3.82. The van der Waals surface area contributed by atoms with E-state index in [-0.39, 0.29) is 11.9 Å². The third kappa shape index (κ3) is 4.05. The van der Waals surface area contributed by atoms with Crippen LogP contribution in [0.5, 0.6) is 0 Å². The quantitative estimate of drug-likeness (QED) is 0.839. The van der Waals surface area contributed by atoms with Gasteiger partial charge in [-0.25, -0.2) is 0 Å². The van der Waals surface area contributed by atoms with Crippen LogP contribution in [0.3, 0.4) is 0 Å². The molecule has 0 aromatic heterocycles. The smallest absolute Gasteiger partial charge is 0.253 e. The van der Waals surface area contributed by atoms with E-state index in [1.165, 1.54) is 0 Å². The number of hydrogen-bond acceptors (Lipinski definition) is 3. The summed E-state index contributed by atoms with van der Waals surface area (Å²) in [5, 5.41) is 9.22. The Hall–Kier alpha value is -1.38. The maximum atomic E-state index is 12.4.